The Labute approximate surface area is 128 Å². The molecule has 2 rings (SSSR count). The van der Waals surface area contributed by atoms with Crippen LogP contribution in [-0.2, 0) is 6.42 Å². The van der Waals surface area contributed by atoms with Gasteiger partial charge in [-0.2, -0.15) is 0 Å². The summed E-state index contributed by atoms with van der Waals surface area (Å²) < 4.78 is 5.32. The maximum Gasteiger partial charge on any atom is 0.119 e. The normalized spacial score (nSPS) is 12.4. The van der Waals surface area contributed by atoms with E-state index in [1.807, 2.05) is 6.07 Å². The van der Waals surface area contributed by atoms with E-state index >= 15 is 0 Å². The molecular weight excluding hydrogens is 258 g/mol. The summed E-state index contributed by atoms with van der Waals surface area (Å²) in [6.07, 6.45) is 1.01. The standard InChI is InChI=1S/C19H25NO/c1-15(2)20-14-18(17-9-5-4-6-10-17)12-16-8-7-11-19(13-16)21-3/h4-11,13,15,18,20H,12,14H2,1-3H3. The highest BCUT2D eigenvalue weighted by Gasteiger charge is 2.13. The summed E-state index contributed by atoms with van der Waals surface area (Å²) in [6.45, 7) is 5.36. The molecule has 0 aliphatic rings. The molecule has 2 aromatic rings. The van der Waals surface area contributed by atoms with Crippen LogP contribution < -0.4 is 10.1 Å². The summed E-state index contributed by atoms with van der Waals surface area (Å²) in [5.74, 6) is 1.40. The van der Waals surface area contributed by atoms with Crippen LogP contribution >= 0.6 is 0 Å². The zero-order valence-electron chi connectivity index (χ0n) is 13.2. The van der Waals surface area contributed by atoms with Crippen LogP contribution in [0, 0.1) is 0 Å². The Morgan fingerprint density at radius 3 is 2.43 bits per heavy atom. The first-order valence-corrected chi connectivity index (χ1v) is 7.60. The van der Waals surface area contributed by atoms with Crippen molar-refractivity contribution in [2.75, 3.05) is 13.7 Å². The summed E-state index contributed by atoms with van der Waals surface area (Å²) >= 11 is 0. The van der Waals surface area contributed by atoms with E-state index in [4.69, 9.17) is 4.74 Å². The van der Waals surface area contributed by atoms with Gasteiger partial charge in [0.25, 0.3) is 0 Å². The average molecular weight is 283 g/mol. The molecule has 0 aromatic heterocycles. The third-order valence-corrected chi connectivity index (χ3v) is 3.66. The molecule has 1 unspecified atom stereocenters. The topological polar surface area (TPSA) is 21.3 Å². The Bertz CT molecular complexity index is 536. The third-order valence-electron chi connectivity index (χ3n) is 3.66. The van der Waals surface area contributed by atoms with E-state index in [0.717, 1.165) is 18.7 Å². The largest absolute Gasteiger partial charge is 0.497 e. The van der Waals surface area contributed by atoms with Crippen LogP contribution in [0.5, 0.6) is 5.75 Å². The molecule has 2 aromatic carbocycles. The molecule has 0 fully saturated rings. The lowest BCUT2D eigenvalue weighted by atomic mass is 9.91. The van der Waals surface area contributed by atoms with E-state index in [0.29, 0.717) is 12.0 Å². The van der Waals surface area contributed by atoms with E-state index in [1.165, 1.54) is 11.1 Å². The van der Waals surface area contributed by atoms with Gasteiger partial charge in [0.1, 0.15) is 5.75 Å². The van der Waals surface area contributed by atoms with Crippen LogP contribution in [0.4, 0.5) is 0 Å². The van der Waals surface area contributed by atoms with Gasteiger partial charge in [0.15, 0.2) is 0 Å². The van der Waals surface area contributed by atoms with Crippen LogP contribution in [0.25, 0.3) is 0 Å². The Kier molecular flexibility index (Phi) is 5.82. The number of rotatable bonds is 7. The van der Waals surface area contributed by atoms with Gasteiger partial charge in [0.2, 0.25) is 0 Å². The second kappa shape index (κ2) is 7.84. The minimum Gasteiger partial charge on any atom is -0.497 e. The van der Waals surface area contributed by atoms with Crippen LogP contribution in [0.2, 0.25) is 0 Å². The number of nitrogens with one attached hydrogen (secondary N) is 1. The van der Waals surface area contributed by atoms with E-state index < -0.39 is 0 Å². The van der Waals surface area contributed by atoms with Crippen molar-refractivity contribution in [2.24, 2.45) is 0 Å². The van der Waals surface area contributed by atoms with Gasteiger partial charge in [0, 0.05) is 18.5 Å². The van der Waals surface area contributed by atoms with Gasteiger partial charge >= 0.3 is 0 Å². The van der Waals surface area contributed by atoms with Crippen molar-refractivity contribution in [3.63, 3.8) is 0 Å². The first kappa shape index (κ1) is 15.6. The highest BCUT2D eigenvalue weighted by Crippen LogP contribution is 2.22. The highest BCUT2D eigenvalue weighted by molar-refractivity contribution is 5.31. The molecular formula is C19H25NO. The molecule has 21 heavy (non-hydrogen) atoms. The second-order valence-corrected chi connectivity index (χ2v) is 5.73. The highest BCUT2D eigenvalue weighted by atomic mass is 16.5. The van der Waals surface area contributed by atoms with Gasteiger partial charge in [0.05, 0.1) is 7.11 Å². The van der Waals surface area contributed by atoms with E-state index in [2.05, 4.69) is 67.7 Å². The fourth-order valence-corrected chi connectivity index (χ4v) is 2.49. The number of methoxy groups -OCH3 is 1. The van der Waals surface area contributed by atoms with Gasteiger partial charge in [-0.1, -0.05) is 56.3 Å². The average Bonchev–Trinajstić information content (AvgIpc) is 2.52. The first-order valence-electron chi connectivity index (χ1n) is 7.60. The van der Waals surface area contributed by atoms with Crippen LogP contribution in [0.1, 0.15) is 30.9 Å². The van der Waals surface area contributed by atoms with Crippen molar-refractivity contribution in [3.05, 3.63) is 65.7 Å². The minimum absolute atomic E-state index is 0.473. The first-order chi connectivity index (χ1) is 10.2. The van der Waals surface area contributed by atoms with Gasteiger partial charge in [-0.25, -0.2) is 0 Å². The molecule has 0 aliphatic carbocycles. The van der Waals surface area contributed by atoms with E-state index in [-0.39, 0.29) is 0 Å². The zero-order chi connectivity index (χ0) is 15.1. The lowest BCUT2D eigenvalue weighted by Gasteiger charge is -2.20. The summed E-state index contributed by atoms with van der Waals surface area (Å²) in [6, 6.07) is 19.6. The number of benzene rings is 2. The van der Waals surface area contributed by atoms with Crippen molar-refractivity contribution in [1.82, 2.24) is 5.32 Å². The predicted octanol–water partition coefficient (Wildman–Crippen LogP) is 4.02. The Balaban J connectivity index is 2.15. The van der Waals surface area contributed by atoms with Crippen molar-refractivity contribution < 1.29 is 4.74 Å². The molecule has 0 heterocycles. The predicted molar refractivity (Wildman–Crippen MR) is 89.0 cm³/mol. The number of hydrogen-bond donors (Lipinski definition) is 1. The smallest absolute Gasteiger partial charge is 0.119 e. The molecule has 0 saturated carbocycles. The summed E-state index contributed by atoms with van der Waals surface area (Å²) in [5, 5.41) is 3.56. The van der Waals surface area contributed by atoms with Gasteiger partial charge in [-0.15, -0.1) is 0 Å². The summed E-state index contributed by atoms with van der Waals surface area (Å²) in [7, 11) is 1.72. The van der Waals surface area contributed by atoms with Gasteiger partial charge in [-0.3, -0.25) is 0 Å². The lowest BCUT2D eigenvalue weighted by Crippen LogP contribution is -2.28. The molecule has 2 heteroatoms. The lowest BCUT2D eigenvalue weighted by molar-refractivity contribution is 0.414. The fraction of sp³-hybridized carbons (Fsp3) is 0.368. The van der Waals surface area contributed by atoms with Crippen LogP contribution in [-0.4, -0.2) is 19.7 Å². The Morgan fingerprint density at radius 1 is 1.00 bits per heavy atom. The molecule has 112 valence electrons. The zero-order valence-corrected chi connectivity index (χ0v) is 13.2. The van der Waals surface area contributed by atoms with Gasteiger partial charge in [-0.05, 0) is 29.7 Å². The molecule has 0 saturated heterocycles. The molecule has 0 bridgehead atoms. The van der Waals surface area contributed by atoms with Crippen molar-refractivity contribution in [3.8, 4) is 5.75 Å². The van der Waals surface area contributed by atoms with Crippen molar-refractivity contribution in [1.29, 1.82) is 0 Å². The third kappa shape index (κ3) is 4.91. The maximum atomic E-state index is 5.32. The van der Waals surface area contributed by atoms with Crippen molar-refractivity contribution >= 4 is 0 Å². The number of hydrogen-bond acceptors (Lipinski definition) is 2. The molecule has 1 atom stereocenters. The summed E-state index contributed by atoms with van der Waals surface area (Å²) in [5.41, 5.74) is 2.70. The molecule has 0 aliphatic heterocycles. The molecule has 0 amide bonds. The summed E-state index contributed by atoms with van der Waals surface area (Å²) in [4.78, 5) is 0. The Morgan fingerprint density at radius 2 is 1.76 bits per heavy atom. The monoisotopic (exact) mass is 283 g/mol. The van der Waals surface area contributed by atoms with Crippen molar-refractivity contribution in [2.45, 2.75) is 32.2 Å². The molecule has 0 radical (unpaired) electrons. The molecule has 1 N–H and O–H groups in total. The second-order valence-electron chi connectivity index (χ2n) is 5.73. The van der Waals surface area contributed by atoms with E-state index in [1.54, 1.807) is 7.11 Å². The van der Waals surface area contributed by atoms with E-state index in [9.17, 15) is 0 Å². The molecule has 0 spiro atoms. The quantitative estimate of drug-likeness (QED) is 0.828. The SMILES string of the molecule is COc1cccc(CC(CNC(C)C)c2ccccc2)c1. The minimum atomic E-state index is 0.473. The number of ether oxygens (including phenoxy) is 1. The Hall–Kier alpha value is -1.80. The van der Waals surface area contributed by atoms with Crippen LogP contribution in [0.15, 0.2) is 54.6 Å². The fourth-order valence-electron chi connectivity index (χ4n) is 2.49. The molecule has 2 nitrogen and oxygen atoms in total. The van der Waals surface area contributed by atoms with Crippen LogP contribution in [0.3, 0.4) is 0 Å². The maximum absolute atomic E-state index is 5.32. The van der Waals surface area contributed by atoms with Gasteiger partial charge < -0.3 is 10.1 Å².